The first kappa shape index (κ1) is 11.2. The van der Waals surface area contributed by atoms with Gasteiger partial charge in [-0.15, -0.1) is 0 Å². The molecule has 0 atom stereocenters. The molecule has 2 aromatic heterocycles. The predicted octanol–water partition coefficient (Wildman–Crippen LogP) is 3.82. The first-order valence-corrected chi connectivity index (χ1v) is 5.80. The van der Waals surface area contributed by atoms with Gasteiger partial charge in [0.05, 0.1) is 5.69 Å². The van der Waals surface area contributed by atoms with Gasteiger partial charge in [-0.25, -0.2) is 4.98 Å². The highest BCUT2D eigenvalue weighted by Crippen LogP contribution is 2.25. The molecule has 84 valence electrons. The highest BCUT2D eigenvalue weighted by molar-refractivity contribution is 9.10. The van der Waals surface area contributed by atoms with Crippen molar-refractivity contribution in [3.05, 3.63) is 40.2 Å². The van der Waals surface area contributed by atoms with E-state index in [1.807, 2.05) is 50.1 Å². The zero-order chi connectivity index (χ0) is 11.7. The number of hydrogen-bond acceptors (Lipinski definition) is 3. The molecule has 0 aliphatic heterocycles. The maximum absolute atomic E-state index is 5.54. The molecular formula is C12H13BrN2O. The number of aryl methyl sites for hydroxylation is 2. The van der Waals surface area contributed by atoms with Crippen LogP contribution >= 0.6 is 15.9 Å². The summed E-state index contributed by atoms with van der Waals surface area (Å²) in [6, 6.07) is 7.82. The molecule has 0 spiro atoms. The van der Waals surface area contributed by atoms with Gasteiger partial charge in [-0.05, 0) is 48.0 Å². The van der Waals surface area contributed by atoms with Crippen molar-refractivity contribution in [2.24, 2.45) is 0 Å². The van der Waals surface area contributed by atoms with Gasteiger partial charge in [0.2, 0.25) is 5.88 Å². The summed E-state index contributed by atoms with van der Waals surface area (Å²) in [6.45, 7) is 3.90. The van der Waals surface area contributed by atoms with E-state index in [4.69, 9.17) is 4.42 Å². The highest BCUT2D eigenvalue weighted by Gasteiger charge is 2.09. The fourth-order valence-electron chi connectivity index (χ4n) is 1.43. The second-order valence-corrected chi connectivity index (χ2v) is 4.53. The molecule has 3 nitrogen and oxygen atoms in total. The van der Waals surface area contributed by atoms with E-state index in [-0.39, 0.29) is 0 Å². The number of hydrogen-bond donors (Lipinski definition) is 0. The minimum Gasteiger partial charge on any atom is -0.445 e. The molecule has 2 heterocycles. The smallest absolute Gasteiger partial charge is 0.200 e. The maximum atomic E-state index is 5.54. The van der Waals surface area contributed by atoms with Gasteiger partial charge >= 0.3 is 0 Å². The standard InChI is InChI=1S/C12H13BrN2O/c1-8-4-7-12(16-8)15(3)11-6-5-10(13)9(2)14-11/h4-7H,1-3H3. The van der Waals surface area contributed by atoms with Crippen LogP contribution in [0.3, 0.4) is 0 Å². The van der Waals surface area contributed by atoms with Crippen molar-refractivity contribution in [3.8, 4) is 0 Å². The van der Waals surface area contributed by atoms with Crippen LogP contribution in [0.4, 0.5) is 11.7 Å². The quantitative estimate of drug-likeness (QED) is 0.838. The average molecular weight is 281 g/mol. The summed E-state index contributed by atoms with van der Waals surface area (Å²) in [5, 5.41) is 0. The number of pyridine rings is 1. The maximum Gasteiger partial charge on any atom is 0.200 e. The van der Waals surface area contributed by atoms with Gasteiger partial charge in [-0.2, -0.15) is 0 Å². The lowest BCUT2D eigenvalue weighted by molar-refractivity contribution is 0.537. The van der Waals surface area contributed by atoms with Crippen LogP contribution in [0.25, 0.3) is 0 Å². The number of nitrogens with zero attached hydrogens (tertiary/aromatic N) is 2. The Morgan fingerprint density at radius 2 is 1.94 bits per heavy atom. The fraction of sp³-hybridized carbons (Fsp3) is 0.250. The molecule has 0 bridgehead atoms. The van der Waals surface area contributed by atoms with E-state index in [0.29, 0.717) is 0 Å². The van der Waals surface area contributed by atoms with Gasteiger partial charge in [-0.3, -0.25) is 4.90 Å². The van der Waals surface area contributed by atoms with Crippen molar-refractivity contribution in [3.63, 3.8) is 0 Å². The Bertz CT molecular complexity index is 507. The van der Waals surface area contributed by atoms with Gasteiger partial charge in [0.25, 0.3) is 0 Å². The summed E-state index contributed by atoms with van der Waals surface area (Å²) in [6.07, 6.45) is 0. The Morgan fingerprint density at radius 3 is 2.50 bits per heavy atom. The Hall–Kier alpha value is -1.29. The first-order chi connectivity index (χ1) is 7.58. The van der Waals surface area contributed by atoms with Crippen LogP contribution in [-0.4, -0.2) is 12.0 Å². The topological polar surface area (TPSA) is 29.3 Å². The third-order valence-corrected chi connectivity index (χ3v) is 3.25. The van der Waals surface area contributed by atoms with E-state index in [1.54, 1.807) is 0 Å². The summed E-state index contributed by atoms with van der Waals surface area (Å²) in [5.41, 5.74) is 0.965. The van der Waals surface area contributed by atoms with Gasteiger partial charge in [0, 0.05) is 17.6 Å². The van der Waals surface area contributed by atoms with E-state index < -0.39 is 0 Å². The number of anilines is 2. The molecule has 16 heavy (non-hydrogen) atoms. The number of rotatable bonds is 2. The van der Waals surface area contributed by atoms with Crippen molar-refractivity contribution >= 4 is 27.6 Å². The van der Waals surface area contributed by atoms with Crippen molar-refractivity contribution in [1.82, 2.24) is 4.98 Å². The Kier molecular flexibility index (Phi) is 3.01. The average Bonchev–Trinajstić information content (AvgIpc) is 2.68. The van der Waals surface area contributed by atoms with Crippen LogP contribution in [0.15, 0.2) is 33.2 Å². The van der Waals surface area contributed by atoms with Crippen molar-refractivity contribution < 1.29 is 4.42 Å². The highest BCUT2D eigenvalue weighted by atomic mass is 79.9. The largest absolute Gasteiger partial charge is 0.445 e. The molecule has 0 saturated carbocycles. The van der Waals surface area contributed by atoms with E-state index in [0.717, 1.165) is 27.6 Å². The molecule has 0 amide bonds. The zero-order valence-corrected chi connectivity index (χ0v) is 11.1. The summed E-state index contributed by atoms with van der Waals surface area (Å²) in [7, 11) is 1.94. The molecule has 0 aliphatic rings. The van der Waals surface area contributed by atoms with E-state index in [1.165, 1.54) is 0 Å². The van der Waals surface area contributed by atoms with Crippen molar-refractivity contribution in [2.75, 3.05) is 11.9 Å². The molecule has 2 aromatic rings. The van der Waals surface area contributed by atoms with E-state index in [2.05, 4.69) is 20.9 Å². The lowest BCUT2D eigenvalue weighted by Gasteiger charge is -2.15. The molecular weight excluding hydrogens is 268 g/mol. The second kappa shape index (κ2) is 4.29. The van der Waals surface area contributed by atoms with Gasteiger partial charge in [-0.1, -0.05) is 0 Å². The summed E-state index contributed by atoms with van der Waals surface area (Å²) in [4.78, 5) is 6.40. The summed E-state index contributed by atoms with van der Waals surface area (Å²) >= 11 is 3.43. The zero-order valence-electron chi connectivity index (χ0n) is 9.49. The fourth-order valence-corrected chi connectivity index (χ4v) is 1.65. The van der Waals surface area contributed by atoms with Crippen molar-refractivity contribution in [1.29, 1.82) is 0 Å². The Labute approximate surface area is 103 Å². The molecule has 0 fully saturated rings. The molecule has 0 N–H and O–H groups in total. The Morgan fingerprint density at radius 1 is 1.19 bits per heavy atom. The molecule has 0 aliphatic carbocycles. The van der Waals surface area contributed by atoms with Crippen molar-refractivity contribution in [2.45, 2.75) is 13.8 Å². The van der Waals surface area contributed by atoms with Gasteiger partial charge in [0.15, 0.2) is 0 Å². The molecule has 0 unspecified atom stereocenters. The molecule has 2 rings (SSSR count). The minimum absolute atomic E-state index is 0.798. The third-order valence-electron chi connectivity index (χ3n) is 2.41. The lowest BCUT2D eigenvalue weighted by atomic mass is 10.3. The molecule has 0 aromatic carbocycles. The summed E-state index contributed by atoms with van der Waals surface area (Å²) < 4.78 is 6.56. The van der Waals surface area contributed by atoms with E-state index >= 15 is 0 Å². The molecule has 4 heteroatoms. The monoisotopic (exact) mass is 280 g/mol. The van der Waals surface area contributed by atoms with Gasteiger partial charge < -0.3 is 4.42 Å². The van der Waals surface area contributed by atoms with Crippen LogP contribution in [0.5, 0.6) is 0 Å². The first-order valence-electron chi connectivity index (χ1n) is 5.01. The van der Waals surface area contributed by atoms with Crippen LogP contribution < -0.4 is 4.90 Å². The number of furan rings is 1. The lowest BCUT2D eigenvalue weighted by Crippen LogP contribution is -2.10. The normalized spacial score (nSPS) is 10.5. The SMILES string of the molecule is Cc1ccc(N(C)c2ccc(Br)c(C)n2)o1. The second-order valence-electron chi connectivity index (χ2n) is 3.68. The summed E-state index contributed by atoms with van der Waals surface area (Å²) in [5.74, 6) is 2.57. The predicted molar refractivity (Wildman–Crippen MR) is 68.2 cm³/mol. The van der Waals surface area contributed by atoms with Crippen LogP contribution in [0.1, 0.15) is 11.5 Å². The van der Waals surface area contributed by atoms with E-state index in [9.17, 15) is 0 Å². The minimum atomic E-state index is 0.798. The molecule has 0 radical (unpaired) electrons. The Balaban J connectivity index is 2.33. The van der Waals surface area contributed by atoms with Gasteiger partial charge in [0.1, 0.15) is 11.6 Å². The van der Waals surface area contributed by atoms with Crippen LogP contribution in [0, 0.1) is 13.8 Å². The number of halogens is 1. The van der Waals surface area contributed by atoms with Crippen LogP contribution in [-0.2, 0) is 0 Å². The number of aromatic nitrogens is 1. The van der Waals surface area contributed by atoms with Crippen LogP contribution in [0.2, 0.25) is 0 Å². The molecule has 0 saturated heterocycles. The third kappa shape index (κ3) is 2.11.